The van der Waals surface area contributed by atoms with Crippen LogP contribution in [0.1, 0.15) is 42.0 Å². The molecule has 0 spiro atoms. The molecule has 0 aliphatic rings. The monoisotopic (exact) mass is 222 g/mol. The maximum absolute atomic E-state index is 3.16. The minimum atomic E-state index is 0.428. The summed E-state index contributed by atoms with van der Waals surface area (Å²) in [5.41, 5.74) is 5.42. The van der Waals surface area contributed by atoms with Gasteiger partial charge in [0.15, 0.2) is 0 Å². The van der Waals surface area contributed by atoms with Crippen molar-refractivity contribution in [1.82, 2.24) is 0 Å². The molecule has 2 aromatic rings. The summed E-state index contributed by atoms with van der Waals surface area (Å²) in [6.45, 7) is 6.59. The molecular weight excluding hydrogens is 204 g/mol. The largest absolute Gasteiger partial charge is 0.0699 e. The number of benzene rings is 1. The normalized spacial score (nSPS) is 11.9. The maximum Gasteiger partial charge on any atom is 0.00729 e. The van der Waals surface area contributed by atoms with E-state index in [1.165, 1.54) is 22.3 Å². The highest BCUT2D eigenvalue weighted by Gasteiger charge is 2.12. The Labute approximate surface area is 104 Å². The van der Waals surface area contributed by atoms with Gasteiger partial charge in [-0.2, -0.15) is 0 Å². The van der Waals surface area contributed by atoms with E-state index in [4.69, 9.17) is 0 Å². The van der Waals surface area contributed by atoms with Crippen LogP contribution in [0, 0.1) is 19.1 Å². The van der Waals surface area contributed by atoms with E-state index in [-0.39, 0.29) is 0 Å². The van der Waals surface area contributed by atoms with Crippen LogP contribution in [0.2, 0.25) is 0 Å². The molecule has 0 aliphatic heterocycles. The molecule has 2 aromatic carbocycles. The lowest BCUT2D eigenvalue weighted by molar-refractivity contribution is 0.884. The zero-order valence-electron chi connectivity index (χ0n) is 10.7. The van der Waals surface area contributed by atoms with Crippen molar-refractivity contribution in [3.63, 3.8) is 0 Å². The fourth-order valence-electron chi connectivity index (χ4n) is 2.39. The predicted octanol–water partition coefficient (Wildman–Crippen LogP) is 4.31. The van der Waals surface area contributed by atoms with Crippen molar-refractivity contribution in [3.8, 4) is 0 Å². The van der Waals surface area contributed by atoms with Gasteiger partial charge in [0.1, 0.15) is 0 Å². The van der Waals surface area contributed by atoms with Gasteiger partial charge in [-0.15, -0.1) is 0 Å². The van der Waals surface area contributed by atoms with Crippen molar-refractivity contribution in [3.05, 3.63) is 70.8 Å². The van der Waals surface area contributed by atoms with Crippen molar-refractivity contribution in [2.24, 2.45) is 0 Å². The van der Waals surface area contributed by atoms with E-state index in [2.05, 4.69) is 63.2 Å². The molecule has 0 radical (unpaired) electrons. The molecule has 0 N–H and O–H groups in total. The topological polar surface area (TPSA) is 0 Å². The van der Waals surface area contributed by atoms with Crippen LogP contribution in [0.4, 0.5) is 0 Å². The highest BCUT2D eigenvalue weighted by atomic mass is 14.2. The number of hydrogen-bond donors (Lipinski definition) is 0. The highest BCUT2D eigenvalue weighted by Crippen LogP contribution is 2.28. The van der Waals surface area contributed by atoms with Crippen LogP contribution in [-0.2, 0) is 6.42 Å². The summed E-state index contributed by atoms with van der Waals surface area (Å²) < 4.78 is 0. The van der Waals surface area contributed by atoms with Crippen LogP contribution in [0.3, 0.4) is 0 Å². The lowest BCUT2D eigenvalue weighted by Gasteiger charge is -2.17. The Balaban J connectivity index is 2.44. The first-order valence-corrected chi connectivity index (χ1v) is 6.20. The molecule has 0 heteroatoms. The lowest BCUT2D eigenvalue weighted by Crippen LogP contribution is -2.01. The summed E-state index contributed by atoms with van der Waals surface area (Å²) in [5, 5.41) is 0. The fraction of sp³-hybridized carbons (Fsp3) is 0.294. The van der Waals surface area contributed by atoms with Crippen molar-refractivity contribution in [2.75, 3.05) is 0 Å². The summed E-state index contributed by atoms with van der Waals surface area (Å²) in [4.78, 5) is 0. The molecule has 0 saturated carbocycles. The van der Waals surface area contributed by atoms with Crippen LogP contribution < -0.4 is 0 Å². The zero-order valence-corrected chi connectivity index (χ0v) is 10.7. The van der Waals surface area contributed by atoms with E-state index in [0.717, 1.165) is 6.42 Å². The maximum atomic E-state index is 3.16. The van der Waals surface area contributed by atoms with Gasteiger partial charge in [-0.1, -0.05) is 50.2 Å². The van der Waals surface area contributed by atoms with Gasteiger partial charge in [0.05, 0.1) is 0 Å². The third-order valence-electron chi connectivity index (χ3n) is 3.41. The Morgan fingerprint density at radius 2 is 1.88 bits per heavy atom. The molecular formula is C17H18. The molecule has 86 valence electrons. The summed E-state index contributed by atoms with van der Waals surface area (Å²) in [5.74, 6) is 0.428. The second kappa shape index (κ2) is 5.06. The first-order chi connectivity index (χ1) is 8.24. The van der Waals surface area contributed by atoms with Gasteiger partial charge < -0.3 is 0 Å². The van der Waals surface area contributed by atoms with Gasteiger partial charge in [0, 0.05) is 11.5 Å². The SMILES string of the molecule is CCc1ccccc1C(C)c1ccc#cc1C. The van der Waals surface area contributed by atoms with Crippen LogP contribution in [-0.4, -0.2) is 0 Å². The molecule has 2 rings (SSSR count). The first kappa shape index (κ1) is 11.7. The van der Waals surface area contributed by atoms with Crippen LogP contribution in [0.15, 0.2) is 36.4 Å². The number of aryl methyl sites for hydroxylation is 1. The molecule has 0 bridgehead atoms. The highest BCUT2D eigenvalue weighted by molar-refractivity contribution is 5.39. The van der Waals surface area contributed by atoms with Crippen molar-refractivity contribution in [1.29, 1.82) is 0 Å². The van der Waals surface area contributed by atoms with E-state index in [1.807, 2.05) is 6.07 Å². The fourth-order valence-corrected chi connectivity index (χ4v) is 2.39. The van der Waals surface area contributed by atoms with E-state index in [9.17, 15) is 0 Å². The molecule has 0 aliphatic carbocycles. The van der Waals surface area contributed by atoms with Gasteiger partial charge in [-0.05, 0) is 42.2 Å². The molecule has 0 heterocycles. The first-order valence-electron chi connectivity index (χ1n) is 6.20. The quantitative estimate of drug-likeness (QED) is 0.726. The van der Waals surface area contributed by atoms with Gasteiger partial charge >= 0.3 is 0 Å². The number of hydrogen-bond acceptors (Lipinski definition) is 0. The Morgan fingerprint density at radius 3 is 2.59 bits per heavy atom. The molecule has 0 aromatic heterocycles. The summed E-state index contributed by atoms with van der Waals surface area (Å²) in [6, 6.07) is 19.0. The number of rotatable bonds is 3. The van der Waals surface area contributed by atoms with Crippen LogP contribution >= 0.6 is 0 Å². The van der Waals surface area contributed by atoms with E-state index in [0.29, 0.717) is 5.92 Å². The van der Waals surface area contributed by atoms with Gasteiger partial charge in [0.2, 0.25) is 0 Å². The Hall–Kier alpha value is -1.74. The minimum Gasteiger partial charge on any atom is -0.0699 e. The second-order valence-corrected chi connectivity index (χ2v) is 4.46. The molecule has 0 nitrogen and oxygen atoms in total. The van der Waals surface area contributed by atoms with Crippen molar-refractivity contribution in [2.45, 2.75) is 33.1 Å². The average Bonchev–Trinajstić information content (AvgIpc) is 2.38. The molecule has 0 fully saturated rings. The Bertz CT molecular complexity index is 497. The minimum absolute atomic E-state index is 0.428. The zero-order chi connectivity index (χ0) is 12.3. The lowest BCUT2D eigenvalue weighted by atomic mass is 9.87. The van der Waals surface area contributed by atoms with E-state index in [1.54, 1.807) is 0 Å². The van der Waals surface area contributed by atoms with Crippen molar-refractivity contribution >= 4 is 0 Å². The Morgan fingerprint density at radius 1 is 1.12 bits per heavy atom. The Kier molecular flexibility index (Phi) is 3.49. The standard InChI is InChI=1S/C17H18/c1-4-15-10-6-8-12-17(15)14(3)16-11-7-5-9-13(16)2/h6-8,10-12,14H,4H2,1-3H3. The van der Waals surface area contributed by atoms with E-state index < -0.39 is 0 Å². The third kappa shape index (κ3) is 2.34. The van der Waals surface area contributed by atoms with Gasteiger partial charge in [0.25, 0.3) is 0 Å². The molecule has 0 saturated heterocycles. The van der Waals surface area contributed by atoms with Crippen LogP contribution in [0.25, 0.3) is 0 Å². The third-order valence-corrected chi connectivity index (χ3v) is 3.41. The van der Waals surface area contributed by atoms with Crippen LogP contribution in [0.5, 0.6) is 0 Å². The second-order valence-electron chi connectivity index (χ2n) is 4.46. The smallest absolute Gasteiger partial charge is 0.00729 e. The van der Waals surface area contributed by atoms with Gasteiger partial charge in [-0.3, -0.25) is 0 Å². The summed E-state index contributed by atoms with van der Waals surface area (Å²) in [7, 11) is 0. The summed E-state index contributed by atoms with van der Waals surface area (Å²) in [6.07, 6.45) is 1.09. The summed E-state index contributed by atoms with van der Waals surface area (Å²) >= 11 is 0. The van der Waals surface area contributed by atoms with Crippen molar-refractivity contribution < 1.29 is 0 Å². The average molecular weight is 222 g/mol. The molecule has 1 unspecified atom stereocenters. The predicted molar refractivity (Wildman–Crippen MR) is 72.2 cm³/mol. The van der Waals surface area contributed by atoms with E-state index >= 15 is 0 Å². The molecule has 1 atom stereocenters. The molecule has 17 heavy (non-hydrogen) atoms. The van der Waals surface area contributed by atoms with Gasteiger partial charge in [-0.25, -0.2) is 0 Å². The molecule has 0 amide bonds.